The molecule has 0 amide bonds. The quantitative estimate of drug-likeness (QED) is 0.890. The first-order valence-electron chi connectivity index (χ1n) is 6.82. The average Bonchev–Trinajstić information content (AvgIpc) is 3.04. The van der Waals surface area contributed by atoms with Gasteiger partial charge in [-0.15, -0.1) is 0 Å². The standard InChI is InChI=1S/C15H19N3O/c1-2-18-8-7-17-15(18)11-16-10-13-9-12-5-3-4-6-14(12)19-13/h3-8,13,16H,2,9-11H2,1H3. The molecule has 2 heterocycles. The number of rotatable bonds is 5. The fraction of sp³-hybridized carbons (Fsp3) is 0.400. The molecule has 1 aromatic heterocycles. The summed E-state index contributed by atoms with van der Waals surface area (Å²) in [7, 11) is 0. The Hall–Kier alpha value is -1.81. The Morgan fingerprint density at radius 3 is 3.16 bits per heavy atom. The van der Waals surface area contributed by atoms with Crippen molar-refractivity contribution in [3.8, 4) is 5.75 Å². The van der Waals surface area contributed by atoms with Crippen LogP contribution in [0, 0.1) is 0 Å². The van der Waals surface area contributed by atoms with Gasteiger partial charge in [0.25, 0.3) is 0 Å². The monoisotopic (exact) mass is 257 g/mol. The number of nitrogens with zero attached hydrogens (tertiary/aromatic N) is 2. The maximum absolute atomic E-state index is 5.89. The van der Waals surface area contributed by atoms with Gasteiger partial charge in [-0.2, -0.15) is 0 Å². The SMILES string of the molecule is CCn1ccnc1CNCC1Cc2ccccc2O1. The highest BCUT2D eigenvalue weighted by molar-refractivity contribution is 5.37. The smallest absolute Gasteiger partial charge is 0.123 e. The van der Waals surface area contributed by atoms with Crippen molar-refractivity contribution in [3.63, 3.8) is 0 Å². The van der Waals surface area contributed by atoms with Gasteiger partial charge < -0.3 is 14.6 Å². The van der Waals surface area contributed by atoms with E-state index in [0.717, 1.165) is 37.6 Å². The van der Waals surface area contributed by atoms with Crippen molar-refractivity contribution in [2.24, 2.45) is 0 Å². The number of hydrogen-bond acceptors (Lipinski definition) is 3. The average molecular weight is 257 g/mol. The van der Waals surface area contributed by atoms with E-state index in [1.165, 1.54) is 5.56 Å². The van der Waals surface area contributed by atoms with Gasteiger partial charge in [0.05, 0.1) is 6.54 Å². The lowest BCUT2D eigenvalue weighted by atomic mass is 10.1. The minimum atomic E-state index is 0.238. The fourth-order valence-corrected chi connectivity index (χ4v) is 2.51. The summed E-state index contributed by atoms with van der Waals surface area (Å²) in [6.45, 7) is 4.73. The van der Waals surface area contributed by atoms with Crippen LogP contribution in [0.1, 0.15) is 18.3 Å². The van der Waals surface area contributed by atoms with Crippen molar-refractivity contribution in [3.05, 3.63) is 48.0 Å². The molecule has 0 fully saturated rings. The second-order valence-corrected chi connectivity index (χ2v) is 4.81. The number of benzene rings is 1. The molecule has 1 atom stereocenters. The van der Waals surface area contributed by atoms with Gasteiger partial charge in [-0.05, 0) is 18.6 Å². The van der Waals surface area contributed by atoms with E-state index in [9.17, 15) is 0 Å². The van der Waals surface area contributed by atoms with Crippen LogP contribution >= 0.6 is 0 Å². The molecular weight excluding hydrogens is 238 g/mol. The topological polar surface area (TPSA) is 39.1 Å². The van der Waals surface area contributed by atoms with Crippen molar-refractivity contribution in [2.45, 2.75) is 32.5 Å². The van der Waals surface area contributed by atoms with E-state index < -0.39 is 0 Å². The molecule has 0 bridgehead atoms. The molecule has 4 nitrogen and oxygen atoms in total. The molecule has 1 N–H and O–H groups in total. The van der Waals surface area contributed by atoms with E-state index in [1.54, 1.807) is 0 Å². The lowest BCUT2D eigenvalue weighted by molar-refractivity contribution is 0.226. The summed E-state index contributed by atoms with van der Waals surface area (Å²) in [5.74, 6) is 2.11. The molecule has 0 spiro atoms. The van der Waals surface area contributed by atoms with Crippen LogP contribution in [0.4, 0.5) is 0 Å². The highest BCUT2D eigenvalue weighted by Gasteiger charge is 2.21. The van der Waals surface area contributed by atoms with E-state index in [1.807, 2.05) is 24.5 Å². The van der Waals surface area contributed by atoms with Crippen molar-refractivity contribution in [1.29, 1.82) is 0 Å². The predicted octanol–water partition coefficient (Wildman–Crippen LogP) is 2.00. The van der Waals surface area contributed by atoms with Crippen LogP contribution in [-0.4, -0.2) is 22.2 Å². The molecular formula is C15H19N3O. The Balaban J connectivity index is 1.50. The van der Waals surface area contributed by atoms with E-state index in [2.05, 4.69) is 33.9 Å². The van der Waals surface area contributed by atoms with Gasteiger partial charge in [-0.25, -0.2) is 4.98 Å². The maximum Gasteiger partial charge on any atom is 0.123 e. The third-order valence-corrected chi connectivity index (χ3v) is 3.51. The highest BCUT2D eigenvalue weighted by Crippen LogP contribution is 2.27. The number of nitrogens with one attached hydrogen (secondary N) is 1. The predicted molar refractivity (Wildman–Crippen MR) is 74.2 cm³/mol. The molecule has 0 saturated carbocycles. The van der Waals surface area contributed by atoms with E-state index in [4.69, 9.17) is 4.74 Å². The number of hydrogen-bond donors (Lipinski definition) is 1. The zero-order chi connectivity index (χ0) is 13.1. The second-order valence-electron chi connectivity index (χ2n) is 4.81. The number of aryl methyl sites for hydroxylation is 1. The minimum Gasteiger partial charge on any atom is -0.488 e. The Bertz CT molecular complexity index is 525. The summed E-state index contributed by atoms with van der Waals surface area (Å²) in [6, 6.07) is 8.26. The third-order valence-electron chi connectivity index (χ3n) is 3.51. The maximum atomic E-state index is 5.89. The zero-order valence-electron chi connectivity index (χ0n) is 11.2. The van der Waals surface area contributed by atoms with Crippen molar-refractivity contribution >= 4 is 0 Å². The molecule has 2 aromatic rings. The zero-order valence-corrected chi connectivity index (χ0v) is 11.2. The summed E-state index contributed by atoms with van der Waals surface area (Å²) in [5, 5.41) is 3.43. The number of para-hydroxylation sites is 1. The molecule has 3 rings (SSSR count). The van der Waals surface area contributed by atoms with Crippen LogP contribution in [0.5, 0.6) is 5.75 Å². The molecule has 0 saturated heterocycles. The molecule has 4 heteroatoms. The first-order valence-corrected chi connectivity index (χ1v) is 6.82. The number of aromatic nitrogens is 2. The number of imidazole rings is 1. The molecule has 100 valence electrons. The van der Waals surface area contributed by atoms with Crippen LogP contribution in [0.2, 0.25) is 0 Å². The molecule has 1 aliphatic rings. The summed E-state index contributed by atoms with van der Waals surface area (Å²) >= 11 is 0. The van der Waals surface area contributed by atoms with Gasteiger partial charge >= 0.3 is 0 Å². The molecule has 0 radical (unpaired) electrons. The van der Waals surface area contributed by atoms with Gasteiger partial charge in [-0.1, -0.05) is 18.2 Å². The lowest BCUT2D eigenvalue weighted by Crippen LogP contribution is -2.30. The van der Waals surface area contributed by atoms with Crippen LogP contribution < -0.4 is 10.1 Å². The summed E-state index contributed by atoms with van der Waals surface area (Å²) in [4.78, 5) is 4.35. The van der Waals surface area contributed by atoms with Gasteiger partial charge in [0.15, 0.2) is 0 Å². The van der Waals surface area contributed by atoms with Crippen LogP contribution in [0.15, 0.2) is 36.7 Å². The Kier molecular flexibility index (Phi) is 3.51. The summed E-state index contributed by atoms with van der Waals surface area (Å²) in [6.07, 6.45) is 5.09. The van der Waals surface area contributed by atoms with Gasteiger partial charge in [0.1, 0.15) is 17.7 Å². The third kappa shape index (κ3) is 2.63. The minimum absolute atomic E-state index is 0.238. The lowest BCUT2D eigenvalue weighted by Gasteiger charge is -2.12. The molecule has 0 aliphatic carbocycles. The van der Waals surface area contributed by atoms with Crippen LogP contribution in [0.25, 0.3) is 0 Å². The first kappa shape index (κ1) is 12.2. The Labute approximate surface area is 113 Å². The second kappa shape index (κ2) is 5.45. The van der Waals surface area contributed by atoms with E-state index >= 15 is 0 Å². The Morgan fingerprint density at radius 1 is 1.42 bits per heavy atom. The number of fused-ring (bicyclic) bond motifs is 1. The Morgan fingerprint density at radius 2 is 2.32 bits per heavy atom. The van der Waals surface area contributed by atoms with Crippen LogP contribution in [0.3, 0.4) is 0 Å². The van der Waals surface area contributed by atoms with Crippen LogP contribution in [-0.2, 0) is 19.5 Å². The van der Waals surface area contributed by atoms with Crippen molar-refractivity contribution in [2.75, 3.05) is 6.54 Å². The summed E-state index contributed by atoms with van der Waals surface area (Å²) < 4.78 is 8.04. The highest BCUT2D eigenvalue weighted by atomic mass is 16.5. The van der Waals surface area contributed by atoms with Crippen molar-refractivity contribution in [1.82, 2.24) is 14.9 Å². The van der Waals surface area contributed by atoms with E-state index in [-0.39, 0.29) is 6.10 Å². The molecule has 1 aromatic carbocycles. The van der Waals surface area contributed by atoms with Gasteiger partial charge in [0.2, 0.25) is 0 Å². The van der Waals surface area contributed by atoms with Crippen molar-refractivity contribution < 1.29 is 4.74 Å². The fourth-order valence-electron chi connectivity index (χ4n) is 2.51. The van der Waals surface area contributed by atoms with Gasteiger partial charge in [0, 0.05) is 31.9 Å². The largest absolute Gasteiger partial charge is 0.488 e. The molecule has 1 aliphatic heterocycles. The summed E-state index contributed by atoms with van der Waals surface area (Å²) in [5.41, 5.74) is 1.31. The molecule has 19 heavy (non-hydrogen) atoms. The normalized spacial score (nSPS) is 17.2. The van der Waals surface area contributed by atoms with Gasteiger partial charge in [-0.3, -0.25) is 0 Å². The molecule has 1 unspecified atom stereocenters. The first-order chi connectivity index (χ1) is 9.36. The number of ether oxygens (including phenoxy) is 1. The van der Waals surface area contributed by atoms with E-state index in [0.29, 0.717) is 0 Å².